The van der Waals surface area contributed by atoms with Crippen LogP contribution in [0.3, 0.4) is 0 Å². The van der Waals surface area contributed by atoms with Crippen molar-refractivity contribution in [2.45, 2.75) is 69.1 Å². The average molecular weight is 800 g/mol. The van der Waals surface area contributed by atoms with Crippen molar-refractivity contribution in [3.63, 3.8) is 0 Å². The highest BCUT2D eigenvalue weighted by molar-refractivity contribution is 7.10. The summed E-state index contributed by atoms with van der Waals surface area (Å²) < 4.78 is 105. The first-order valence-corrected chi connectivity index (χ1v) is 18.9. The van der Waals surface area contributed by atoms with Crippen molar-refractivity contribution in [2.24, 2.45) is 0 Å². The van der Waals surface area contributed by atoms with Crippen LogP contribution >= 0.6 is 11.3 Å². The van der Waals surface area contributed by atoms with Crippen LogP contribution in [0.5, 0.6) is 5.75 Å². The lowest BCUT2D eigenvalue weighted by Crippen LogP contribution is -2.69. The van der Waals surface area contributed by atoms with Gasteiger partial charge in [-0.2, -0.15) is 26.3 Å². The van der Waals surface area contributed by atoms with E-state index >= 15 is 4.79 Å². The molecule has 0 bridgehead atoms. The Morgan fingerprint density at radius 1 is 0.982 bits per heavy atom. The number of hydrogen-bond donors (Lipinski definition) is 1. The van der Waals surface area contributed by atoms with E-state index in [0.717, 1.165) is 34.7 Å². The van der Waals surface area contributed by atoms with Crippen LogP contribution in [0.25, 0.3) is 0 Å². The summed E-state index contributed by atoms with van der Waals surface area (Å²) in [6.45, 7) is 3.14. The summed E-state index contributed by atoms with van der Waals surface area (Å²) in [7, 11) is 0. The van der Waals surface area contributed by atoms with Gasteiger partial charge >= 0.3 is 12.4 Å². The molecule has 3 aromatic rings. The normalized spacial score (nSPS) is 22.4. The second-order valence-corrected chi connectivity index (χ2v) is 14.7. The second kappa shape index (κ2) is 16.1. The van der Waals surface area contributed by atoms with Crippen molar-refractivity contribution in [2.75, 3.05) is 52.4 Å². The van der Waals surface area contributed by atoms with Gasteiger partial charge < -0.3 is 24.5 Å². The smallest absolute Gasteiger partial charge is 0.425 e. The number of likely N-dealkylation sites (tertiary alicyclic amines) is 1. The number of alkyl halides is 6. The van der Waals surface area contributed by atoms with Crippen LogP contribution in [0.4, 0.5) is 30.7 Å². The third-order valence-corrected chi connectivity index (χ3v) is 11.4. The predicted octanol–water partition coefficient (Wildman–Crippen LogP) is 5.80. The number of carbonyl (C=O) groups is 3. The number of carbonyl (C=O) groups excluding carboxylic acids is 3. The molecule has 10 nitrogen and oxygen atoms in total. The zero-order valence-corrected chi connectivity index (χ0v) is 30.7. The molecule has 1 aromatic carbocycles. The molecule has 3 aliphatic rings. The molecule has 18 heteroatoms. The van der Waals surface area contributed by atoms with Crippen LogP contribution in [-0.2, 0) is 28.4 Å². The van der Waals surface area contributed by atoms with Crippen molar-refractivity contribution >= 4 is 29.1 Å². The zero-order chi connectivity index (χ0) is 39.7. The molecule has 6 rings (SSSR count). The maximum Gasteiger partial charge on any atom is 0.425 e. The molecule has 2 saturated heterocycles. The lowest BCUT2D eigenvalue weighted by atomic mass is 9.78. The van der Waals surface area contributed by atoms with Crippen LogP contribution in [-0.4, -0.2) is 111 Å². The number of β-amino-alcohol motifs (C(OH)–C–C–N with tert-alkyl or cyclic N) is 1. The summed E-state index contributed by atoms with van der Waals surface area (Å²) in [6, 6.07) is 3.70. The van der Waals surface area contributed by atoms with E-state index in [4.69, 9.17) is 4.74 Å². The number of piperidine rings is 1. The number of fused-ring (bicyclic) bond motifs is 1. The molecule has 0 radical (unpaired) electrons. The van der Waals surface area contributed by atoms with Crippen LogP contribution in [0, 0.1) is 5.82 Å². The van der Waals surface area contributed by atoms with Gasteiger partial charge in [0, 0.05) is 69.9 Å². The first-order chi connectivity index (χ1) is 26.1. The molecule has 2 aromatic heterocycles. The number of aromatic nitrogens is 1. The lowest BCUT2D eigenvalue weighted by molar-refractivity contribution is -0.166. The first-order valence-electron chi connectivity index (χ1n) is 18.0. The summed E-state index contributed by atoms with van der Waals surface area (Å²) in [4.78, 5) is 52.9. The fourth-order valence-electron chi connectivity index (χ4n) is 7.91. The Bertz CT molecular complexity index is 1880. The van der Waals surface area contributed by atoms with Gasteiger partial charge in [0.2, 0.25) is 11.5 Å². The maximum atomic E-state index is 15.5. The van der Waals surface area contributed by atoms with E-state index in [2.05, 4.69) is 4.98 Å². The third kappa shape index (κ3) is 8.17. The van der Waals surface area contributed by atoms with Crippen molar-refractivity contribution in [3.8, 4) is 5.75 Å². The Labute approximate surface area is 316 Å². The van der Waals surface area contributed by atoms with Crippen molar-refractivity contribution in [1.29, 1.82) is 0 Å². The molecule has 3 atom stereocenters. The number of benzene rings is 1. The fourth-order valence-corrected chi connectivity index (χ4v) is 8.58. The highest BCUT2D eigenvalue weighted by atomic mass is 32.1. The molecule has 0 spiro atoms. The number of thiophene rings is 1. The van der Waals surface area contributed by atoms with Gasteiger partial charge in [0.25, 0.3) is 11.8 Å². The molecule has 2 unspecified atom stereocenters. The minimum Gasteiger partial charge on any atom is -0.474 e. The minimum atomic E-state index is -4.96. The summed E-state index contributed by atoms with van der Waals surface area (Å²) in [5, 5.41) is 10.5. The topological polar surface area (TPSA) is 107 Å². The predicted molar refractivity (Wildman–Crippen MR) is 186 cm³/mol. The average Bonchev–Trinajstić information content (AvgIpc) is 3.63. The number of halogens is 7. The van der Waals surface area contributed by atoms with Crippen LogP contribution in [0.1, 0.15) is 70.7 Å². The summed E-state index contributed by atoms with van der Waals surface area (Å²) in [5.41, 5.74) is -3.55. The number of hydrogen-bond acceptors (Lipinski definition) is 8. The van der Waals surface area contributed by atoms with E-state index in [0.29, 0.717) is 48.2 Å². The van der Waals surface area contributed by atoms with E-state index in [1.165, 1.54) is 17.0 Å². The standard InChI is InChI=1S/C37H40F7N5O5S/c1-2-5-28-35(54-25-21-29(55-22-25)37(42,43)44,10-4-12-48(28)32(51)30-27(36(39,40)41)6-3-11-45-30)34(53)49-13-9-23-20-24(38)7-8-26(23)31(49)33(52)47-16-14-46(15-17-47)18-19-50/h3,6-8,11,20-22,28,31,50H,2,4-5,9-10,12-19H2,1H3/t28?,31?,35-/m0/s1. The summed E-state index contributed by atoms with van der Waals surface area (Å²) in [6.07, 6.45) is -8.45. The molecule has 1 N–H and O–H groups in total. The van der Waals surface area contributed by atoms with Crippen molar-refractivity contribution < 1.29 is 55.0 Å². The molecule has 2 fully saturated rings. The Kier molecular flexibility index (Phi) is 11.8. The maximum absolute atomic E-state index is 15.5. The number of amides is 3. The van der Waals surface area contributed by atoms with Gasteiger partial charge in [0.05, 0.1) is 18.2 Å². The Morgan fingerprint density at radius 3 is 2.38 bits per heavy atom. The number of nitrogens with zero attached hydrogens (tertiary/aromatic N) is 5. The molecule has 0 aliphatic carbocycles. The molecule has 3 aliphatic heterocycles. The van der Waals surface area contributed by atoms with Crippen molar-refractivity contribution in [1.82, 2.24) is 24.6 Å². The summed E-state index contributed by atoms with van der Waals surface area (Å²) >= 11 is 0.328. The number of rotatable bonds is 9. The Balaban J connectivity index is 1.46. The molecule has 5 heterocycles. The molecular formula is C37H40F7N5O5S. The van der Waals surface area contributed by atoms with Gasteiger partial charge in [-0.1, -0.05) is 19.4 Å². The summed E-state index contributed by atoms with van der Waals surface area (Å²) in [5.74, 6) is -3.36. The van der Waals surface area contributed by atoms with Gasteiger partial charge in [-0.05, 0) is 54.7 Å². The number of aliphatic hydroxyl groups excluding tert-OH is 1. The highest BCUT2D eigenvalue weighted by Gasteiger charge is 2.58. The van der Waals surface area contributed by atoms with E-state index in [9.17, 15) is 45.4 Å². The van der Waals surface area contributed by atoms with Gasteiger partial charge in [0.1, 0.15) is 28.2 Å². The van der Waals surface area contributed by atoms with Gasteiger partial charge in [-0.3, -0.25) is 24.3 Å². The van der Waals surface area contributed by atoms with Crippen LogP contribution in [0.2, 0.25) is 0 Å². The van der Waals surface area contributed by atoms with E-state index in [1.807, 2.05) is 4.90 Å². The minimum absolute atomic E-state index is 0.00319. The second-order valence-electron chi connectivity index (χ2n) is 13.8. The van der Waals surface area contributed by atoms with E-state index < -0.39 is 69.7 Å². The Hall–Kier alpha value is -4.29. The van der Waals surface area contributed by atoms with Crippen LogP contribution in [0.15, 0.2) is 48.0 Å². The van der Waals surface area contributed by atoms with Crippen LogP contribution < -0.4 is 4.74 Å². The number of pyridine rings is 1. The van der Waals surface area contributed by atoms with Gasteiger partial charge in [0.15, 0.2) is 0 Å². The first kappa shape index (κ1) is 40.4. The monoisotopic (exact) mass is 799 g/mol. The quantitative estimate of drug-likeness (QED) is 0.273. The van der Waals surface area contributed by atoms with Gasteiger partial charge in [-0.15, -0.1) is 11.3 Å². The molecule has 3 amide bonds. The van der Waals surface area contributed by atoms with E-state index in [-0.39, 0.29) is 70.6 Å². The fraction of sp³-hybridized carbons (Fsp3) is 0.514. The molecule has 0 saturated carbocycles. The Morgan fingerprint density at radius 2 is 1.73 bits per heavy atom. The molecule has 298 valence electrons. The van der Waals surface area contributed by atoms with E-state index in [1.54, 1.807) is 11.8 Å². The SMILES string of the molecule is CCCC1N(C(=O)c2ncccc2C(F)(F)F)CCC[C@@]1(Oc1csc(C(F)(F)F)c1)C(=O)N1CCc2cc(F)ccc2C1C(=O)N1CCN(CCO)CC1. The molecular weight excluding hydrogens is 759 g/mol. The third-order valence-electron chi connectivity index (χ3n) is 10.4. The zero-order valence-electron chi connectivity index (χ0n) is 29.8. The lowest BCUT2D eigenvalue weighted by Gasteiger charge is -2.51. The highest BCUT2D eigenvalue weighted by Crippen LogP contribution is 2.44. The number of aliphatic hydroxyl groups is 1. The largest absolute Gasteiger partial charge is 0.474 e. The van der Waals surface area contributed by atoms with Gasteiger partial charge in [-0.25, -0.2) is 4.39 Å². The molecule has 55 heavy (non-hydrogen) atoms. The number of ether oxygens (including phenoxy) is 1. The van der Waals surface area contributed by atoms with Crippen molar-refractivity contribution in [3.05, 3.63) is 81.1 Å². The number of piperazine rings is 1.